The van der Waals surface area contributed by atoms with Crippen LogP contribution < -0.4 is 5.73 Å². The van der Waals surface area contributed by atoms with Crippen LogP contribution in [0.3, 0.4) is 0 Å². The normalized spacial score (nSPS) is 19.5. The first kappa shape index (κ1) is 8.65. The first-order valence-electron chi connectivity index (χ1n) is 4.15. The Morgan fingerprint density at radius 3 is 2.62 bits per heavy atom. The van der Waals surface area contributed by atoms with Gasteiger partial charge in [0.05, 0.1) is 10.5 Å². The van der Waals surface area contributed by atoms with Crippen molar-refractivity contribution in [3.63, 3.8) is 0 Å². The maximum absolute atomic E-state index is 10.4. The van der Waals surface area contributed by atoms with Crippen molar-refractivity contribution in [1.82, 2.24) is 0 Å². The van der Waals surface area contributed by atoms with E-state index >= 15 is 0 Å². The molecule has 0 bridgehead atoms. The highest BCUT2D eigenvalue weighted by Crippen LogP contribution is 2.43. The van der Waals surface area contributed by atoms with Gasteiger partial charge >= 0.3 is 5.00 Å². The van der Waals surface area contributed by atoms with Gasteiger partial charge < -0.3 is 5.73 Å². The van der Waals surface area contributed by atoms with Crippen molar-refractivity contribution in [3.8, 4) is 0 Å². The summed E-state index contributed by atoms with van der Waals surface area (Å²) < 4.78 is 0. The number of thiophene rings is 1. The second kappa shape index (κ2) is 2.78. The van der Waals surface area contributed by atoms with Crippen molar-refractivity contribution < 1.29 is 4.92 Å². The lowest BCUT2D eigenvalue weighted by Gasteiger charge is -2.36. The van der Waals surface area contributed by atoms with Gasteiger partial charge in [-0.05, 0) is 25.3 Å². The fraction of sp³-hybridized carbons (Fsp3) is 0.500. The minimum absolute atomic E-state index is 0.187. The predicted octanol–water partition coefficient (Wildman–Crippen LogP) is 1.99. The fourth-order valence-electron chi connectivity index (χ4n) is 1.50. The lowest BCUT2D eigenvalue weighted by atomic mass is 9.77. The number of nitrogens with two attached hydrogens (primary N) is 1. The molecule has 0 radical (unpaired) electrons. The van der Waals surface area contributed by atoms with Crippen molar-refractivity contribution in [2.24, 2.45) is 5.73 Å². The third kappa shape index (κ3) is 1.34. The van der Waals surface area contributed by atoms with Crippen LogP contribution in [0.4, 0.5) is 5.00 Å². The smallest absolute Gasteiger partial charge is 0.321 e. The largest absolute Gasteiger partial charge is 0.324 e. The van der Waals surface area contributed by atoms with Crippen molar-refractivity contribution in [2.75, 3.05) is 0 Å². The molecule has 0 spiro atoms. The van der Waals surface area contributed by atoms with Crippen LogP contribution in [0.1, 0.15) is 24.1 Å². The number of nitro groups is 1. The van der Waals surface area contributed by atoms with Gasteiger partial charge in [0, 0.05) is 10.9 Å². The summed E-state index contributed by atoms with van der Waals surface area (Å²) in [5, 5.41) is 10.6. The fourth-order valence-corrected chi connectivity index (χ4v) is 2.48. The van der Waals surface area contributed by atoms with E-state index in [9.17, 15) is 10.1 Å². The monoisotopic (exact) mass is 198 g/mol. The second-order valence-electron chi connectivity index (χ2n) is 3.40. The van der Waals surface area contributed by atoms with Gasteiger partial charge in [-0.25, -0.2) is 0 Å². The van der Waals surface area contributed by atoms with Crippen LogP contribution in [0.15, 0.2) is 12.1 Å². The highest BCUT2D eigenvalue weighted by molar-refractivity contribution is 7.15. The van der Waals surface area contributed by atoms with Gasteiger partial charge in [0.25, 0.3) is 0 Å². The highest BCUT2D eigenvalue weighted by atomic mass is 32.1. The van der Waals surface area contributed by atoms with E-state index in [1.807, 2.05) is 0 Å². The number of nitrogens with zero attached hydrogens (tertiary/aromatic N) is 1. The summed E-state index contributed by atoms with van der Waals surface area (Å²) in [6.07, 6.45) is 3.03. The molecule has 1 aliphatic carbocycles. The Hall–Kier alpha value is -0.940. The SMILES string of the molecule is NC1(c2ccc([N+](=O)[O-])s2)CCC1. The first-order valence-corrected chi connectivity index (χ1v) is 4.97. The zero-order valence-electron chi connectivity index (χ0n) is 7.03. The Bertz CT molecular complexity index is 344. The standard InChI is InChI=1S/C8H10N2O2S/c9-8(4-1-5-8)6-2-3-7(13-6)10(11)12/h2-3H,1,4-5,9H2. The number of rotatable bonds is 2. The Morgan fingerprint density at radius 2 is 2.23 bits per heavy atom. The van der Waals surface area contributed by atoms with Crippen molar-refractivity contribution in [1.29, 1.82) is 0 Å². The maximum Gasteiger partial charge on any atom is 0.324 e. The minimum Gasteiger partial charge on any atom is -0.321 e. The highest BCUT2D eigenvalue weighted by Gasteiger charge is 2.36. The average molecular weight is 198 g/mol. The molecule has 1 aromatic heterocycles. The van der Waals surface area contributed by atoms with Crippen LogP contribution in [0, 0.1) is 10.1 Å². The van der Waals surface area contributed by atoms with E-state index in [2.05, 4.69) is 0 Å². The summed E-state index contributed by atoms with van der Waals surface area (Å²) >= 11 is 1.20. The van der Waals surface area contributed by atoms with Gasteiger partial charge in [-0.1, -0.05) is 11.3 Å². The molecule has 0 unspecified atom stereocenters. The van der Waals surface area contributed by atoms with Crippen LogP contribution in [0.2, 0.25) is 0 Å². The molecule has 0 saturated heterocycles. The molecule has 0 amide bonds. The van der Waals surface area contributed by atoms with E-state index in [0.29, 0.717) is 0 Å². The molecular weight excluding hydrogens is 188 g/mol. The van der Waals surface area contributed by atoms with Crippen molar-refractivity contribution in [3.05, 3.63) is 27.1 Å². The van der Waals surface area contributed by atoms with Crippen LogP contribution in [0.5, 0.6) is 0 Å². The molecular formula is C8H10N2O2S. The molecule has 2 N–H and O–H groups in total. The molecule has 1 aliphatic rings. The summed E-state index contributed by atoms with van der Waals surface area (Å²) in [4.78, 5) is 11.0. The molecule has 0 aromatic carbocycles. The van der Waals surface area contributed by atoms with Gasteiger partial charge in [0.1, 0.15) is 0 Å². The van der Waals surface area contributed by atoms with Crippen molar-refractivity contribution in [2.45, 2.75) is 24.8 Å². The van der Waals surface area contributed by atoms with E-state index in [1.165, 1.54) is 17.4 Å². The summed E-state index contributed by atoms with van der Waals surface area (Å²) in [5.41, 5.74) is 5.76. The number of hydrogen-bond acceptors (Lipinski definition) is 4. The third-order valence-electron chi connectivity index (χ3n) is 2.51. The average Bonchev–Trinajstić information content (AvgIpc) is 2.48. The summed E-state index contributed by atoms with van der Waals surface area (Å²) in [7, 11) is 0. The lowest BCUT2D eigenvalue weighted by Crippen LogP contribution is -2.42. The molecule has 1 saturated carbocycles. The van der Waals surface area contributed by atoms with Gasteiger partial charge in [-0.15, -0.1) is 0 Å². The number of hydrogen-bond donors (Lipinski definition) is 1. The van der Waals surface area contributed by atoms with Gasteiger partial charge in [0.15, 0.2) is 0 Å². The summed E-state index contributed by atoms with van der Waals surface area (Å²) in [6.45, 7) is 0. The molecule has 0 atom stereocenters. The van der Waals surface area contributed by atoms with E-state index in [-0.39, 0.29) is 15.5 Å². The van der Waals surface area contributed by atoms with E-state index in [0.717, 1.165) is 24.1 Å². The molecule has 1 fully saturated rings. The zero-order valence-corrected chi connectivity index (χ0v) is 7.84. The summed E-state index contributed by atoms with van der Waals surface area (Å²) in [6, 6.07) is 3.31. The van der Waals surface area contributed by atoms with E-state index < -0.39 is 0 Å². The first-order chi connectivity index (χ1) is 6.12. The molecule has 70 valence electrons. The zero-order chi connectivity index (χ0) is 9.47. The lowest BCUT2D eigenvalue weighted by molar-refractivity contribution is -0.380. The molecule has 2 rings (SSSR count). The van der Waals surface area contributed by atoms with Gasteiger partial charge in [-0.2, -0.15) is 0 Å². The van der Waals surface area contributed by atoms with Crippen LogP contribution in [-0.4, -0.2) is 4.92 Å². The quantitative estimate of drug-likeness (QED) is 0.583. The molecule has 4 nitrogen and oxygen atoms in total. The Morgan fingerprint density at radius 1 is 1.54 bits per heavy atom. The predicted molar refractivity (Wildman–Crippen MR) is 50.7 cm³/mol. The Balaban J connectivity index is 2.27. The molecule has 1 aromatic rings. The van der Waals surface area contributed by atoms with E-state index in [4.69, 9.17) is 5.73 Å². The van der Waals surface area contributed by atoms with Crippen LogP contribution >= 0.6 is 11.3 Å². The second-order valence-corrected chi connectivity index (χ2v) is 4.47. The van der Waals surface area contributed by atoms with Gasteiger partial charge in [0.2, 0.25) is 0 Å². The van der Waals surface area contributed by atoms with Crippen molar-refractivity contribution >= 4 is 16.3 Å². The molecule has 13 heavy (non-hydrogen) atoms. The maximum atomic E-state index is 10.4. The Labute approximate surface area is 79.5 Å². The third-order valence-corrected chi connectivity index (χ3v) is 3.77. The summed E-state index contributed by atoms with van der Waals surface area (Å²) in [5.74, 6) is 0. The topological polar surface area (TPSA) is 69.2 Å². The van der Waals surface area contributed by atoms with Crippen LogP contribution in [-0.2, 0) is 5.54 Å². The molecule has 1 heterocycles. The van der Waals surface area contributed by atoms with Gasteiger partial charge in [-0.3, -0.25) is 10.1 Å². The minimum atomic E-state index is -0.365. The Kier molecular flexibility index (Phi) is 1.85. The molecule has 5 heteroatoms. The van der Waals surface area contributed by atoms with Crippen LogP contribution in [0.25, 0.3) is 0 Å². The molecule has 0 aliphatic heterocycles. The van der Waals surface area contributed by atoms with E-state index in [1.54, 1.807) is 6.07 Å².